The summed E-state index contributed by atoms with van der Waals surface area (Å²) < 4.78 is 5.50. The third-order valence-electron chi connectivity index (χ3n) is 4.42. The minimum absolute atomic E-state index is 0.0973. The molecule has 0 saturated carbocycles. The molecule has 1 unspecified atom stereocenters. The monoisotopic (exact) mass is 446 g/mol. The van der Waals surface area contributed by atoms with Gasteiger partial charge in [-0.1, -0.05) is 50.3 Å². The van der Waals surface area contributed by atoms with Crippen molar-refractivity contribution in [2.45, 2.75) is 47.0 Å². The number of carboxylic acid groups (broad SMARTS) is 1. The molecule has 1 aliphatic heterocycles. The second-order valence-corrected chi connectivity index (χ2v) is 7.33. The van der Waals surface area contributed by atoms with Crippen LogP contribution in [0.1, 0.15) is 45.6 Å². The van der Waals surface area contributed by atoms with Gasteiger partial charge in [-0.15, -0.1) is 0 Å². The lowest BCUT2D eigenvalue weighted by molar-refractivity contribution is -0.142. The van der Waals surface area contributed by atoms with Crippen LogP contribution in [0.3, 0.4) is 0 Å². The first kappa shape index (κ1) is 28.6. The average molecular weight is 447 g/mol. The maximum atomic E-state index is 10.6. The zero-order valence-electron chi connectivity index (χ0n) is 19.6. The molecule has 1 fully saturated rings. The summed E-state index contributed by atoms with van der Waals surface area (Å²) in [6.45, 7) is 13.6. The van der Waals surface area contributed by atoms with Crippen molar-refractivity contribution in [1.29, 1.82) is 0 Å². The molecule has 1 aromatic rings. The normalized spacial score (nSPS) is 16.7. The maximum Gasteiger partial charge on any atom is 0.306 e. The van der Waals surface area contributed by atoms with Crippen molar-refractivity contribution in [3.05, 3.63) is 66.4 Å². The number of thiocarbonyl (C=S) groups is 1. The van der Waals surface area contributed by atoms with Gasteiger partial charge in [0.2, 0.25) is 0 Å². The smallest absolute Gasteiger partial charge is 0.306 e. The molecule has 0 amide bonds. The van der Waals surface area contributed by atoms with Crippen LogP contribution in [-0.2, 0) is 4.79 Å². The van der Waals surface area contributed by atoms with E-state index in [1.54, 1.807) is 6.08 Å². The predicted octanol–water partition coefficient (Wildman–Crippen LogP) is 5.72. The highest BCUT2D eigenvalue weighted by molar-refractivity contribution is 7.80. The van der Waals surface area contributed by atoms with Gasteiger partial charge in [0.05, 0.1) is 5.92 Å². The predicted molar refractivity (Wildman–Crippen MR) is 134 cm³/mol. The number of nitrogens with one attached hydrogen (secondary N) is 1. The Bertz CT molecular complexity index is 727. The van der Waals surface area contributed by atoms with Gasteiger partial charge in [-0.25, -0.2) is 0 Å². The number of hydrogen-bond donors (Lipinski definition) is 2. The van der Waals surface area contributed by atoms with E-state index in [9.17, 15) is 4.79 Å². The van der Waals surface area contributed by atoms with Crippen molar-refractivity contribution >= 4 is 23.4 Å². The number of nitrogens with zero attached hydrogens (tertiary/aromatic N) is 1. The van der Waals surface area contributed by atoms with E-state index >= 15 is 0 Å². The van der Waals surface area contributed by atoms with Crippen molar-refractivity contribution in [2.24, 2.45) is 5.92 Å². The second-order valence-electron chi connectivity index (χ2n) is 6.95. The lowest BCUT2D eigenvalue weighted by Crippen LogP contribution is -2.25. The molecule has 6 heteroatoms. The van der Waals surface area contributed by atoms with E-state index in [2.05, 4.69) is 16.8 Å². The molecule has 1 heterocycles. The van der Waals surface area contributed by atoms with Crippen LogP contribution in [0.4, 0.5) is 0 Å². The zero-order valence-corrected chi connectivity index (χ0v) is 20.4. The second kappa shape index (κ2) is 17.3. The topological polar surface area (TPSA) is 61.8 Å². The van der Waals surface area contributed by atoms with Crippen molar-refractivity contribution in [3.8, 4) is 5.75 Å². The molecule has 1 aliphatic rings. The Hall–Kier alpha value is -2.44. The molecule has 31 heavy (non-hydrogen) atoms. The van der Waals surface area contributed by atoms with E-state index in [-0.39, 0.29) is 5.92 Å². The average Bonchev–Trinajstić information content (AvgIpc) is 2.97. The van der Waals surface area contributed by atoms with Gasteiger partial charge in [0.1, 0.15) is 5.75 Å². The van der Waals surface area contributed by atoms with Gasteiger partial charge in [-0.3, -0.25) is 4.79 Å². The van der Waals surface area contributed by atoms with Gasteiger partial charge in [0, 0.05) is 5.70 Å². The van der Waals surface area contributed by atoms with Crippen LogP contribution in [0, 0.1) is 12.8 Å². The molecule has 172 valence electrons. The molecule has 0 aliphatic carbocycles. The zero-order chi connectivity index (χ0) is 23.6. The molecule has 2 rings (SSSR count). The van der Waals surface area contributed by atoms with Crippen LogP contribution < -0.4 is 10.1 Å². The van der Waals surface area contributed by atoms with Gasteiger partial charge in [0.15, 0.2) is 0 Å². The van der Waals surface area contributed by atoms with Crippen LogP contribution >= 0.6 is 12.2 Å². The Labute approximate surface area is 193 Å². The van der Waals surface area contributed by atoms with Crippen molar-refractivity contribution in [1.82, 2.24) is 10.2 Å². The van der Waals surface area contributed by atoms with Crippen LogP contribution in [0.15, 0.2) is 60.8 Å². The van der Waals surface area contributed by atoms with E-state index < -0.39 is 5.97 Å². The van der Waals surface area contributed by atoms with E-state index in [1.165, 1.54) is 5.56 Å². The Morgan fingerprint density at radius 3 is 2.45 bits per heavy atom. The number of rotatable bonds is 5. The van der Waals surface area contributed by atoms with Gasteiger partial charge in [-0.2, -0.15) is 0 Å². The third-order valence-corrected chi connectivity index (χ3v) is 4.61. The summed E-state index contributed by atoms with van der Waals surface area (Å²) in [6.07, 6.45) is 10.0. The van der Waals surface area contributed by atoms with Gasteiger partial charge in [-0.05, 0) is 89.7 Å². The number of carbonyl (C=O) groups is 1. The van der Waals surface area contributed by atoms with E-state index in [0.717, 1.165) is 43.8 Å². The summed E-state index contributed by atoms with van der Waals surface area (Å²) in [6, 6.07) is 7.72. The first-order valence-electron chi connectivity index (χ1n) is 10.8. The fraction of sp³-hybridized carbons (Fsp3) is 0.440. The van der Waals surface area contributed by atoms with E-state index in [0.29, 0.717) is 5.17 Å². The molecule has 1 aromatic carbocycles. The highest BCUT2D eigenvalue weighted by Crippen LogP contribution is 2.16. The van der Waals surface area contributed by atoms with E-state index in [4.69, 9.17) is 22.1 Å². The van der Waals surface area contributed by atoms with Crippen LogP contribution in [0.25, 0.3) is 0 Å². The SMILES string of the molecule is C=C/C=C(\C=C/C)NC(=S)Oc1ccc(C)cc1.CC.CN1CCCC(C(=O)O)CC1. The highest BCUT2D eigenvalue weighted by Gasteiger charge is 2.20. The molecular weight excluding hydrogens is 408 g/mol. The number of benzene rings is 1. The minimum Gasteiger partial charge on any atom is -0.481 e. The molecule has 0 radical (unpaired) electrons. The summed E-state index contributed by atoms with van der Waals surface area (Å²) in [5.74, 6) is -0.00298. The number of likely N-dealkylation sites (tertiary alicyclic amines) is 1. The van der Waals surface area contributed by atoms with Crippen molar-refractivity contribution in [3.63, 3.8) is 0 Å². The lowest BCUT2D eigenvalue weighted by Gasteiger charge is -2.11. The molecule has 0 bridgehead atoms. The molecule has 2 N–H and O–H groups in total. The fourth-order valence-corrected chi connectivity index (χ4v) is 3.00. The standard InChI is InChI=1S/C15H17NOS.C8H15NO2.C2H6/c1-4-6-13(7-5-2)16-15(18)17-14-10-8-12(3)9-11-14;1-9-5-2-3-7(4-6-9)8(10)11;1-2/h4-11H,1H2,2-3H3,(H,16,18);7H,2-6H2,1H3,(H,10,11);1-2H3/b7-5-,13-6+;;. The Morgan fingerprint density at radius 2 is 1.90 bits per heavy atom. The van der Waals surface area contributed by atoms with Crippen LogP contribution in [-0.4, -0.2) is 41.3 Å². The highest BCUT2D eigenvalue weighted by atomic mass is 32.1. The third kappa shape index (κ3) is 13.5. The van der Waals surface area contributed by atoms with Gasteiger partial charge >= 0.3 is 5.97 Å². The summed E-state index contributed by atoms with van der Waals surface area (Å²) in [5.41, 5.74) is 2.02. The molecular formula is C25H38N2O3S. The molecule has 1 saturated heterocycles. The molecule has 1 atom stereocenters. The summed E-state index contributed by atoms with van der Waals surface area (Å²) in [7, 11) is 2.05. The fourth-order valence-electron chi connectivity index (χ4n) is 2.79. The number of aryl methyl sites for hydroxylation is 1. The summed E-state index contributed by atoms with van der Waals surface area (Å²) in [4.78, 5) is 12.8. The minimum atomic E-state index is -0.625. The Kier molecular flexibility index (Phi) is 15.9. The number of hydrogen-bond acceptors (Lipinski definition) is 4. The van der Waals surface area contributed by atoms with Gasteiger partial charge < -0.3 is 20.1 Å². The summed E-state index contributed by atoms with van der Waals surface area (Å²) in [5, 5.41) is 12.0. The van der Waals surface area contributed by atoms with Crippen LogP contribution in [0.5, 0.6) is 5.75 Å². The van der Waals surface area contributed by atoms with Crippen molar-refractivity contribution < 1.29 is 14.6 Å². The number of aliphatic carboxylic acids is 1. The van der Waals surface area contributed by atoms with E-state index in [1.807, 2.05) is 77.2 Å². The molecule has 0 spiro atoms. The largest absolute Gasteiger partial charge is 0.481 e. The maximum absolute atomic E-state index is 10.6. The molecule has 0 aromatic heterocycles. The van der Waals surface area contributed by atoms with Gasteiger partial charge in [0.25, 0.3) is 5.17 Å². The lowest BCUT2D eigenvalue weighted by atomic mass is 10.0. The Balaban J connectivity index is 0.000000591. The van der Waals surface area contributed by atoms with Crippen molar-refractivity contribution in [2.75, 3.05) is 20.1 Å². The first-order chi connectivity index (χ1) is 14.8. The summed E-state index contributed by atoms with van der Waals surface area (Å²) >= 11 is 5.13. The Morgan fingerprint density at radius 1 is 1.26 bits per heavy atom. The quantitative estimate of drug-likeness (QED) is 0.445. The molecule has 5 nitrogen and oxygen atoms in total. The number of ether oxygens (including phenoxy) is 1. The first-order valence-corrected chi connectivity index (χ1v) is 11.2. The number of carboxylic acids is 1. The number of allylic oxidation sites excluding steroid dienone is 4. The van der Waals surface area contributed by atoms with Crippen LogP contribution in [0.2, 0.25) is 0 Å².